The molecule has 0 saturated heterocycles. The Morgan fingerprint density at radius 1 is 1.48 bits per heavy atom. The number of benzene rings is 1. The summed E-state index contributed by atoms with van der Waals surface area (Å²) in [5.74, 6) is -0.132. The van der Waals surface area contributed by atoms with Crippen molar-refractivity contribution < 1.29 is 9.90 Å². The molecule has 1 atom stereocenters. The molecule has 0 radical (unpaired) electrons. The van der Waals surface area contributed by atoms with Crippen LogP contribution in [-0.2, 0) is 11.3 Å². The van der Waals surface area contributed by atoms with Gasteiger partial charge in [0.25, 0.3) is 0 Å². The number of carboxylic acids is 1. The minimum Gasteiger partial charge on any atom is -0.481 e. The lowest BCUT2D eigenvalue weighted by molar-refractivity contribution is -0.138. The average molecular weight is 353 g/mol. The molecular formula is C14H17BrN4O2. The minimum absolute atomic E-state index is 0.0126. The first-order valence-electron chi connectivity index (χ1n) is 6.75. The highest BCUT2D eigenvalue weighted by molar-refractivity contribution is 9.10. The molecule has 0 saturated carbocycles. The maximum Gasteiger partial charge on any atom is 0.303 e. The van der Waals surface area contributed by atoms with Gasteiger partial charge in [-0.3, -0.25) is 4.79 Å². The first-order valence-corrected chi connectivity index (χ1v) is 7.55. The fraction of sp³-hybridized carbons (Fsp3) is 0.429. The van der Waals surface area contributed by atoms with Crippen LogP contribution in [0.2, 0.25) is 0 Å². The fourth-order valence-corrected chi connectivity index (χ4v) is 2.47. The average Bonchev–Trinajstić information content (AvgIpc) is 2.88. The highest BCUT2D eigenvalue weighted by atomic mass is 79.9. The number of nitrogens with zero attached hydrogens (tertiary/aromatic N) is 4. The Labute approximate surface area is 131 Å². The minimum atomic E-state index is -0.797. The van der Waals surface area contributed by atoms with Crippen LogP contribution in [0.5, 0.6) is 0 Å². The van der Waals surface area contributed by atoms with Crippen LogP contribution in [-0.4, -0.2) is 31.3 Å². The van der Waals surface area contributed by atoms with E-state index in [4.69, 9.17) is 5.11 Å². The zero-order valence-electron chi connectivity index (χ0n) is 12.0. The molecule has 0 bridgehead atoms. The van der Waals surface area contributed by atoms with Crippen molar-refractivity contribution >= 4 is 21.9 Å². The second-order valence-corrected chi connectivity index (χ2v) is 5.88. The van der Waals surface area contributed by atoms with Crippen LogP contribution in [0.4, 0.5) is 0 Å². The van der Waals surface area contributed by atoms with Gasteiger partial charge < -0.3 is 5.11 Å². The van der Waals surface area contributed by atoms with Crippen molar-refractivity contribution in [3.63, 3.8) is 0 Å². The number of aromatic nitrogens is 4. The second-order valence-electron chi connectivity index (χ2n) is 5.02. The summed E-state index contributed by atoms with van der Waals surface area (Å²) in [6, 6.07) is 5.92. The molecule has 6 nitrogen and oxygen atoms in total. The molecule has 1 N–H and O–H groups in total. The van der Waals surface area contributed by atoms with Crippen molar-refractivity contribution in [2.75, 3.05) is 0 Å². The van der Waals surface area contributed by atoms with Crippen LogP contribution in [0.15, 0.2) is 22.7 Å². The molecule has 2 aromatic rings. The smallest absolute Gasteiger partial charge is 0.303 e. The third-order valence-electron chi connectivity index (χ3n) is 3.43. The Kier molecular flexibility index (Phi) is 5.06. The number of hydrogen-bond acceptors (Lipinski definition) is 4. The number of rotatable bonds is 6. The van der Waals surface area contributed by atoms with Crippen LogP contribution in [0.1, 0.15) is 25.3 Å². The second kappa shape index (κ2) is 6.80. The van der Waals surface area contributed by atoms with Gasteiger partial charge in [0.15, 0.2) is 5.82 Å². The molecule has 1 unspecified atom stereocenters. The van der Waals surface area contributed by atoms with E-state index < -0.39 is 5.97 Å². The maximum absolute atomic E-state index is 10.9. The van der Waals surface area contributed by atoms with E-state index >= 15 is 0 Å². The van der Waals surface area contributed by atoms with Gasteiger partial charge in [0.2, 0.25) is 0 Å². The predicted molar refractivity (Wildman–Crippen MR) is 81.7 cm³/mol. The van der Waals surface area contributed by atoms with Crippen molar-refractivity contribution in [3.8, 4) is 11.4 Å². The van der Waals surface area contributed by atoms with Crippen LogP contribution in [0.25, 0.3) is 11.4 Å². The van der Waals surface area contributed by atoms with Crippen LogP contribution in [0, 0.1) is 12.8 Å². The van der Waals surface area contributed by atoms with E-state index in [1.54, 1.807) is 4.68 Å². The molecule has 0 aliphatic carbocycles. The summed E-state index contributed by atoms with van der Waals surface area (Å²) in [6.07, 6.45) is 0.886. The van der Waals surface area contributed by atoms with Crippen molar-refractivity contribution in [2.24, 2.45) is 5.92 Å². The molecule has 1 aromatic carbocycles. The number of aliphatic carboxylic acids is 1. The number of carbonyl (C=O) groups is 1. The molecule has 0 amide bonds. The Balaban J connectivity index is 2.25. The van der Waals surface area contributed by atoms with Gasteiger partial charge in [-0.05, 0) is 34.9 Å². The van der Waals surface area contributed by atoms with Crippen molar-refractivity contribution in [2.45, 2.75) is 33.2 Å². The molecule has 112 valence electrons. The molecule has 2 rings (SSSR count). The largest absolute Gasteiger partial charge is 0.481 e. The Morgan fingerprint density at radius 3 is 2.86 bits per heavy atom. The van der Waals surface area contributed by atoms with Gasteiger partial charge in [-0.2, -0.15) is 0 Å². The fourth-order valence-electron chi connectivity index (χ4n) is 2.10. The molecule has 0 fully saturated rings. The number of carboxylic acid groups (broad SMARTS) is 1. The lowest BCUT2D eigenvalue weighted by Crippen LogP contribution is -2.16. The Morgan fingerprint density at radius 2 is 2.24 bits per heavy atom. The van der Waals surface area contributed by atoms with E-state index in [1.807, 2.05) is 32.0 Å². The third kappa shape index (κ3) is 3.87. The highest BCUT2D eigenvalue weighted by Gasteiger charge is 2.16. The Bertz CT molecular complexity index is 642. The van der Waals surface area contributed by atoms with Crippen LogP contribution in [0.3, 0.4) is 0 Å². The van der Waals surface area contributed by atoms with E-state index in [9.17, 15) is 4.79 Å². The summed E-state index contributed by atoms with van der Waals surface area (Å²) in [4.78, 5) is 10.9. The zero-order valence-corrected chi connectivity index (χ0v) is 13.5. The number of aryl methyl sites for hydroxylation is 1. The number of tetrazole rings is 1. The van der Waals surface area contributed by atoms with E-state index in [0.717, 1.165) is 22.0 Å². The van der Waals surface area contributed by atoms with Crippen molar-refractivity contribution in [1.29, 1.82) is 0 Å². The maximum atomic E-state index is 10.9. The lowest BCUT2D eigenvalue weighted by Gasteiger charge is -2.13. The van der Waals surface area contributed by atoms with Crippen molar-refractivity contribution in [1.82, 2.24) is 20.2 Å². The first kappa shape index (κ1) is 15.6. The molecule has 0 spiro atoms. The summed E-state index contributed by atoms with van der Waals surface area (Å²) in [6.45, 7) is 4.48. The van der Waals surface area contributed by atoms with Gasteiger partial charge in [0.05, 0.1) is 0 Å². The van der Waals surface area contributed by atoms with Gasteiger partial charge in [-0.1, -0.05) is 41.4 Å². The number of halogens is 1. The molecular weight excluding hydrogens is 336 g/mol. The zero-order chi connectivity index (χ0) is 15.4. The summed E-state index contributed by atoms with van der Waals surface area (Å²) in [5.41, 5.74) is 2.04. The molecule has 1 aromatic heterocycles. The van der Waals surface area contributed by atoms with Crippen LogP contribution >= 0.6 is 15.9 Å². The summed E-state index contributed by atoms with van der Waals surface area (Å²) >= 11 is 3.50. The summed E-state index contributed by atoms with van der Waals surface area (Å²) < 4.78 is 2.67. The predicted octanol–water partition coefficient (Wildman–Crippen LogP) is 2.91. The molecule has 1 heterocycles. The van der Waals surface area contributed by atoms with E-state index in [1.165, 1.54) is 0 Å². The molecule has 7 heteroatoms. The van der Waals surface area contributed by atoms with Crippen molar-refractivity contribution in [3.05, 3.63) is 28.2 Å². The SMILES string of the molecule is CCC(CC(=O)O)Cn1nnnc1-c1ccc(C)c(Br)c1. The molecule has 21 heavy (non-hydrogen) atoms. The van der Waals surface area contributed by atoms with Crippen LogP contribution < -0.4 is 0 Å². The summed E-state index contributed by atoms with van der Waals surface area (Å²) in [7, 11) is 0. The van der Waals surface area contributed by atoms with E-state index in [2.05, 4.69) is 31.5 Å². The molecule has 0 aliphatic rings. The van der Waals surface area contributed by atoms with Gasteiger partial charge in [-0.15, -0.1) is 5.10 Å². The molecule has 0 aliphatic heterocycles. The number of hydrogen-bond donors (Lipinski definition) is 1. The van der Waals surface area contributed by atoms with Gasteiger partial charge >= 0.3 is 5.97 Å². The topological polar surface area (TPSA) is 80.9 Å². The quantitative estimate of drug-likeness (QED) is 0.864. The monoisotopic (exact) mass is 352 g/mol. The first-order chi connectivity index (χ1) is 10.0. The highest BCUT2D eigenvalue weighted by Crippen LogP contribution is 2.24. The van der Waals surface area contributed by atoms with E-state index in [0.29, 0.717) is 12.4 Å². The van der Waals surface area contributed by atoms with Gasteiger partial charge in [-0.25, -0.2) is 4.68 Å². The Hall–Kier alpha value is -1.76. The lowest BCUT2D eigenvalue weighted by atomic mass is 10.0. The third-order valence-corrected chi connectivity index (χ3v) is 4.29. The van der Waals surface area contributed by atoms with Gasteiger partial charge in [0.1, 0.15) is 0 Å². The summed E-state index contributed by atoms with van der Waals surface area (Å²) in [5, 5.41) is 20.7. The van der Waals surface area contributed by atoms with Gasteiger partial charge in [0, 0.05) is 23.0 Å². The van der Waals surface area contributed by atoms with E-state index in [-0.39, 0.29) is 12.3 Å². The standard InChI is InChI=1S/C14H17BrN4O2/c1-3-10(6-13(20)21)8-19-14(16-17-18-19)11-5-4-9(2)12(15)7-11/h4-5,7,10H,3,6,8H2,1-2H3,(H,20,21). The normalized spacial score (nSPS) is 12.3.